The highest BCUT2D eigenvalue weighted by atomic mass is 32.2. The number of isocyanates is 1. The van der Waals surface area contributed by atoms with Gasteiger partial charge in [0.25, 0.3) is 0 Å². The lowest BCUT2D eigenvalue weighted by Gasteiger charge is -2.31. The molecule has 1 aliphatic carbocycles. The van der Waals surface area contributed by atoms with Crippen LogP contribution in [0.5, 0.6) is 0 Å². The third-order valence-electron chi connectivity index (χ3n) is 3.36. The Labute approximate surface area is 103 Å². The molecule has 1 fully saturated rings. The van der Waals surface area contributed by atoms with E-state index >= 15 is 0 Å². The molecule has 0 bridgehead atoms. The van der Waals surface area contributed by atoms with Crippen LogP contribution in [0, 0.1) is 0 Å². The van der Waals surface area contributed by atoms with Gasteiger partial charge in [0.05, 0.1) is 17.0 Å². The number of aliphatic imine (C=N–C) groups is 1. The Morgan fingerprint density at radius 1 is 1.24 bits per heavy atom. The molecule has 17 heavy (non-hydrogen) atoms. The molecule has 0 N–H and O–H groups in total. The van der Waals surface area contributed by atoms with Gasteiger partial charge in [0.15, 0.2) is 9.84 Å². The predicted molar refractivity (Wildman–Crippen MR) is 67.5 cm³/mol. The molecule has 1 saturated carbocycles. The third kappa shape index (κ3) is 4.60. The van der Waals surface area contributed by atoms with Crippen molar-refractivity contribution in [2.24, 2.45) is 4.99 Å². The Balaban J connectivity index is 2.75. The van der Waals surface area contributed by atoms with Crippen LogP contribution in [0.4, 0.5) is 0 Å². The molecule has 0 aromatic heterocycles. The van der Waals surface area contributed by atoms with Gasteiger partial charge in [-0.2, -0.15) is 4.99 Å². The average molecular weight is 259 g/mol. The molecule has 4 nitrogen and oxygen atoms in total. The Bertz CT molecular complexity index is 377. The van der Waals surface area contributed by atoms with E-state index < -0.39 is 15.4 Å². The minimum Gasteiger partial charge on any atom is -0.229 e. The molecule has 1 aliphatic rings. The normalized spacial score (nSPS) is 19.6. The van der Waals surface area contributed by atoms with Crippen molar-refractivity contribution in [3.05, 3.63) is 0 Å². The van der Waals surface area contributed by atoms with E-state index in [9.17, 15) is 13.2 Å². The van der Waals surface area contributed by atoms with Crippen molar-refractivity contribution in [3.8, 4) is 0 Å². The Hall–Kier alpha value is -0.670. The third-order valence-corrected chi connectivity index (χ3v) is 5.25. The van der Waals surface area contributed by atoms with E-state index in [0.29, 0.717) is 19.3 Å². The first-order chi connectivity index (χ1) is 8.04. The lowest BCUT2D eigenvalue weighted by molar-refractivity contribution is 0.325. The van der Waals surface area contributed by atoms with Gasteiger partial charge >= 0.3 is 0 Å². The Kier molecular flexibility index (Phi) is 5.34. The van der Waals surface area contributed by atoms with E-state index in [1.165, 1.54) is 0 Å². The van der Waals surface area contributed by atoms with Crippen LogP contribution in [-0.2, 0) is 14.6 Å². The molecule has 98 valence electrons. The molecular weight excluding hydrogens is 238 g/mol. The van der Waals surface area contributed by atoms with Crippen molar-refractivity contribution in [2.45, 2.75) is 57.4 Å². The molecule has 1 rings (SSSR count). The van der Waals surface area contributed by atoms with Crippen LogP contribution >= 0.6 is 0 Å². The lowest BCUT2D eigenvalue weighted by Crippen LogP contribution is -2.38. The van der Waals surface area contributed by atoms with Gasteiger partial charge < -0.3 is 0 Å². The van der Waals surface area contributed by atoms with Crippen molar-refractivity contribution < 1.29 is 13.2 Å². The second-order valence-electron chi connectivity index (χ2n) is 4.93. The second-order valence-corrected chi connectivity index (χ2v) is 7.12. The molecule has 0 unspecified atom stereocenters. The van der Waals surface area contributed by atoms with Crippen molar-refractivity contribution in [2.75, 3.05) is 11.5 Å². The number of hydrogen-bond donors (Lipinski definition) is 0. The minimum atomic E-state index is -3.10. The number of nitrogens with zero attached hydrogens (tertiary/aromatic N) is 1. The molecule has 0 saturated heterocycles. The van der Waals surface area contributed by atoms with E-state index in [4.69, 9.17) is 0 Å². The number of hydrogen-bond acceptors (Lipinski definition) is 4. The van der Waals surface area contributed by atoms with Crippen LogP contribution in [0.2, 0.25) is 0 Å². The summed E-state index contributed by atoms with van der Waals surface area (Å²) < 4.78 is 23.9. The molecule has 0 atom stereocenters. The number of carbonyl (C=O) groups excluding carboxylic acids is 1. The first-order valence-corrected chi connectivity index (χ1v) is 8.15. The second kappa shape index (κ2) is 6.31. The summed E-state index contributed by atoms with van der Waals surface area (Å²) in [5.41, 5.74) is -0.674. The zero-order valence-corrected chi connectivity index (χ0v) is 11.3. The van der Waals surface area contributed by atoms with Gasteiger partial charge in [0, 0.05) is 0 Å². The zero-order chi connectivity index (χ0) is 12.8. The maximum Gasteiger partial charge on any atom is 0.235 e. The highest BCUT2D eigenvalue weighted by molar-refractivity contribution is 7.91. The van der Waals surface area contributed by atoms with E-state index in [1.807, 2.05) is 6.92 Å². The fourth-order valence-electron chi connectivity index (χ4n) is 2.44. The Morgan fingerprint density at radius 3 is 2.41 bits per heavy atom. The topological polar surface area (TPSA) is 63.6 Å². The summed E-state index contributed by atoms with van der Waals surface area (Å²) in [5, 5.41) is 0. The first-order valence-electron chi connectivity index (χ1n) is 6.33. The minimum absolute atomic E-state index is 0.0231. The summed E-state index contributed by atoms with van der Waals surface area (Å²) in [4.78, 5) is 14.3. The summed E-state index contributed by atoms with van der Waals surface area (Å²) in [6, 6.07) is 0. The lowest BCUT2D eigenvalue weighted by atomic mass is 9.84. The van der Waals surface area contributed by atoms with Crippen LogP contribution in [-0.4, -0.2) is 31.5 Å². The van der Waals surface area contributed by atoms with Crippen LogP contribution in [0.25, 0.3) is 0 Å². The SMILES string of the molecule is CCCCS(=O)(=O)CC1(N=C=O)CCCCC1. The van der Waals surface area contributed by atoms with Gasteiger partial charge in [-0.3, -0.25) is 0 Å². The number of rotatable bonds is 6. The fraction of sp³-hybridized carbons (Fsp3) is 0.917. The van der Waals surface area contributed by atoms with E-state index in [-0.39, 0.29) is 11.5 Å². The van der Waals surface area contributed by atoms with Crippen LogP contribution in [0.3, 0.4) is 0 Å². The summed E-state index contributed by atoms with van der Waals surface area (Å²) in [6.45, 7) is 1.97. The van der Waals surface area contributed by atoms with Crippen molar-refractivity contribution >= 4 is 15.9 Å². The molecule has 0 amide bonds. The van der Waals surface area contributed by atoms with Crippen LogP contribution in [0.15, 0.2) is 4.99 Å². The maximum absolute atomic E-state index is 11.9. The van der Waals surface area contributed by atoms with E-state index in [2.05, 4.69) is 4.99 Å². The molecule has 0 radical (unpaired) electrons. The van der Waals surface area contributed by atoms with E-state index in [0.717, 1.165) is 25.7 Å². The van der Waals surface area contributed by atoms with Crippen molar-refractivity contribution in [1.82, 2.24) is 0 Å². The highest BCUT2D eigenvalue weighted by Gasteiger charge is 2.36. The van der Waals surface area contributed by atoms with Crippen LogP contribution < -0.4 is 0 Å². The smallest absolute Gasteiger partial charge is 0.229 e. The van der Waals surface area contributed by atoms with Crippen LogP contribution in [0.1, 0.15) is 51.9 Å². The largest absolute Gasteiger partial charge is 0.235 e. The molecule has 5 heteroatoms. The Morgan fingerprint density at radius 2 is 1.88 bits per heavy atom. The fourth-order valence-corrected chi connectivity index (χ4v) is 4.49. The summed E-state index contributed by atoms with van der Waals surface area (Å²) in [5.74, 6) is 0.231. The van der Waals surface area contributed by atoms with Gasteiger partial charge in [0.1, 0.15) is 0 Å². The van der Waals surface area contributed by atoms with Crippen molar-refractivity contribution in [3.63, 3.8) is 0 Å². The molecule has 0 aromatic carbocycles. The number of sulfone groups is 1. The molecule has 0 aliphatic heterocycles. The van der Waals surface area contributed by atoms with Crippen molar-refractivity contribution in [1.29, 1.82) is 0 Å². The predicted octanol–water partition coefficient (Wildman–Crippen LogP) is 2.24. The maximum atomic E-state index is 11.9. The first kappa shape index (κ1) is 14.4. The summed E-state index contributed by atoms with van der Waals surface area (Å²) in [7, 11) is -3.10. The summed E-state index contributed by atoms with van der Waals surface area (Å²) in [6.07, 6.45) is 7.53. The molecule has 0 aromatic rings. The zero-order valence-electron chi connectivity index (χ0n) is 10.4. The van der Waals surface area contributed by atoms with Gasteiger partial charge in [0.2, 0.25) is 6.08 Å². The highest BCUT2D eigenvalue weighted by Crippen LogP contribution is 2.33. The summed E-state index contributed by atoms with van der Waals surface area (Å²) >= 11 is 0. The van der Waals surface area contributed by atoms with Gasteiger partial charge in [-0.1, -0.05) is 32.6 Å². The molecule has 0 heterocycles. The average Bonchev–Trinajstić information content (AvgIpc) is 2.27. The monoisotopic (exact) mass is 259 g/mol. The van der Waals surface area contributed by atoms with E-state index in [1.54, 1.807) is 6.08 Å². The number of unbranched alkanes of at least 4 members (excludes halogenated alkanes) is 1. The molecular formula is C12H21NO3S. The van der Waals surface area contributed by atoms with Gasteiger partial charge in [-0.25, -0.2) is 13.2 Å². The quantitative estimate of drug-likeness (QED) is 0.543. The van der Waals surface area contributed by atoms with Gasteiger partial charge in [-0.05, 0) is 19.3 Å². The molecule has 0 spiro atoms. The van der Waals surface area contributed by atoms with Gasteiger partial charge in [-0.15, -0.1) is 0 Å². The standard InChI is InChI=1S/C12H21NO3S/c1-2-3-9-17(15,16)10-12(13-11-14)7-5-4-6-8-12/h2-10H2,1H3.